The topological polar surface area (TPSA) is 108 Å². The lowest BCUT2D eigenvalue weighted by Crippen LogP contribution is -2.23. The van der Waals surface area contributed by atoms with Crippen molar-refractivity contribution in [3.8, 4) is 17.2 Å². The van der Waals surface area contributed by atoms with E-state index in [4.69, 9.17) is 4.74 Å². The predicted octanol–water partition coefficient (Wildman–Crippen LogP) is 4.44. The van der Waals surface area contributed by atoms with Gasteiger partial charge in [0.25, 0.3) is 17.2 Å². The van der Waals surface area contributed by atoms with Crippen LogP contribution in [0.2, 0.25) is 0 Å². The number of amides is 1. The predicted molar refractivity (Wildman–Crippen MR) is 123 cm³/mol. The number of nitrogens with zero attached hydrogens (tertiary/aromatic N) is 3. The maximum Gasteiger partial charge on any atom is 0.295 e. The first-order valence-corrected chi connectivity index (χ1v) is 10.0. The fourth-order valence-electron chi connectivity index (χ4n) is 3.41. The Morgan fingerprint density at radius 1 is 1.00 bits per heavy atom. The molecule has 1 N–H and O–H groups in total. The average molecular weight is 444 g/mol. The van der Waals surface area contributed by atoms with E-state index in [9.17, 15) is 19.7 Å². The Bertz CT molecular complexity index is 1390. The third-order valence-corrected chi connectivity index (χ3v) is 5.18. The van der Waals surface area contributed by atoms with Crippen molar-refractivity contribution in [2.75, 3.05) is 5.32 Å². The Hall–Kier alpha value is -4.66. The summed E-state index contributed by atoms with van der Waals surface area (Å²) in [5.74, 6) is -0.111. The van der Waals surface area contributed by atoms with Gasteiger partial charge in [0.05, 0.1) is 21.9 Å². The average Bonchev–Trinajstić information content (AvgIpc) is 3.03. The number of ether oxygens (including phenoxy) is 1. The highest BCUT2D eigenvalue weighted by atomic mass is 16.6. The number of hydrogen-bond acceptors (Lipinski definition) is 5. The van der Waals surface area contributed by atoms with Gasteiger partial charge in [-0.2, -0.15) is 0 Å². The Balaban J connectivity index is 1.74. The molecule has 0 spiro atoms. The Morgan fingerprint density at radius 3 is 2.27 bits per heavy atom. The molecule has 0 unspecified atom stereocenters. The van der Waals surface area contributed by atoms with Crippen LogP contribution in [0, 0.1) is 17.0 Å². The SMILES string of the molecule is Cc1c(NC(=O)c2cc([N+](=O)[O-])ccc2Oc2ccccc2)c(=O)n(-c2ccccc2)n1C. The van der Waals surface area contributed by atoms with E-state index < -0.39 is 16.4 Å². The third kappa shape index (κ3) is 4.24. The van der Waals surface area contributed by atoms with Crippen LogP contribution in [0.4, 0.5) is 11.4 Å². The van der Waals surface area contributed by atoms with Crippen molar-refractivity contribution >= 4 is 17.3 Å². The van der Waals surface area contributed by atoms with Crippen molar-refractivity contribution in [3.63, 3.8) is 0 Å². The first-order chi connectivity index (χ1) is 15.9. The van der Waals surface area contributed by atoms with Gasteiger partial charge >= 0.3 is 0 Å². The Kier molecular flexibility index (Phi) is 5.77. The fourth-order valence-corrected chi connectivity index (χ4v) is 3.41. The highest BCUT2D eigenvalue weighted by Crippen LogP contribution is 2.29. The van der Waals surface area contributed by atoms with E-state index in [-0.39, 0.29) is 22.7 Å². The second kappa shape index (κ2) is 8.83. The third-order valence-electron chi connectivity index (χ3n) is 5.18. The summed E-state index contributed by atoms with van der Waals surface area (Å²) in [5, 5.41) is 13.9. The van der Waals surface area contributed by atoms with Crippen molar-refractivity contribution < 1.29 is 14.5 Å². The smallest absolute Gasteiger partial charge is 0.295 e. The van der Waals surface area contributed by atoms with Gasteiger partial charge in [0.2, 0.25) is 0 Å². The van der Waals surface area contributed by atoms with Crippen LogP contribution in [0.1, 0.15) is 16.1 Å². The zero-order valence-electron chi connectivity index (χ0n) is 17.9. The molecule has 9 heteroatoms. The van der Waals surface area contributed by atoms with Gasteiger partial charge in [-0.05, 0) is 37.3 Å². The normalized spacial score (nSPS) is 10.6. The van der Waals surface area contributed by atoms with Crippen LogP contribution in [-0.2, 0) is 7.05 Å². The molecule has 0 bridgehead atoms. The first kappa shape index (κ1) is 21.6. The van der Waals surface area contributed by atoms with Crippen LogP contribution >= 0.6 is 0 Å². The highest BCUT2D eigenvalue weighted by molar-refractivity contribution is 6.07. The van der Waals surface area contributed by atoms with E-state index in [0.29, 0.717) is 17.1 Å². The van der Waals surface area contributed by atoms with E-state index in [1.807, 2.05) is 12.1 Å². The number of hydrogen-bond donors (Lipinski definition) is 1. The summed E-state index contributed by atoms with van der Waals surface area (Å²) in [4.78, 5) is 37.0. The number of rotatable bonds is 6. The van der Waals surface area contributed by atoms with Gasteiger partial charge in [-0.15, -0.1) is 0 Å². The summed E-state index contributed by atoms with van der Waals surface area (Å²) in [6, 6.07) is 21.5. The van der Waals surface area contributed by atoms with Crippen LogP contribution in [0.25, 0.3) is 5.69 Å². The Labute approximate surface area is 188 Å². The lowest BCUT2D eigenvalue weighted by Gasteiger charge is -2.11. The molecule has 0 radical (unpaired) electrons. The van der Waals surface area contributed by atoms with E-state index in [1.165, 1.54) is 16.8 Å². The second-order valence-electron chi connectivity index (χ2n) is 7.24. The molecule has 0 saturated heterocycles. The molecule has 0 aliphatic heterocycles. The van der Waals surface area contributed by atoms with Gasteiger partial charge in [0.1, 0.15) is 17.2 Å². The van der Waals surface area contributed by atoms with Crippen LogP contribution in [0.3, 0.4) is 0 Å². The van der Waals surface area contributed by atoms with E-state index in [1.54, 1.807) is 67.2 Å². The molecule has 166 valence electrons. The zero-order chi connectivity index (χ0) is 23.5. The molecule has 9 nitrogen and oxygen atoms in total. The van der Waals surface area contributed by atoms with Crippen LogP contribution in [-0.4, -0.2) is 20.2 Å². The van der Waals surface area contributed by atoms with Crippen LogP contribution in [0.15, 0.2) is 83.7 Å². The summed E-state index contributed by atoms with van der Waals surface area (Å²) in [5.41, 5.74) is 0.466. The molecule has 0 atom stereocenters. The van der Waals surface area contributed by atoms with E-state index >= 15 is 0 Å². The lowest BCUT2D eigenvalue weighted by atomic mass is 10.1. The van der Waals surface area contributed by atoms with E-state index in [2.05, 4.69) is 5.32 Å². The van der Waals surface area contributed by atoms with E-state index in [0.717, 1.165) is 6.07 Å². The molecule has 0 aliphatic carbocycles. The molecule has 0 fully saturated rings. The number of carbonyl (C=O) groups is 1. The van der Waals surface area contributed by atoms with Gasteiger partial charge in [-0.3, -0.25) is 24.4 Å². The molecule has 1 amide bonds. The largest absolute Gasteiger partial charge is 0.457 e. The molecular formula is C24H20N4O5. The summed E-state index contributed by atoms with van der Waals surface area (Å²) in [6.07, 6.45) is 0. The quantitative estimate of drug-likeness (QED) is 0.349. The van der Waals surface area contributed by atoms with Gasteiger partial charge in [0.15, 0.2) is 0 Å². The number of nitrogens with one attached hydrogen (secondary N) is 1. The number of nitro benzene ring substituents is 1. The molecule has 1 aromatic heterocycles. The number of non-ortho nitro benzene ring substituents is 1. The van der Waals surface area contributed by atoms with Crippen molar-refractivity contribution in [1.82, 2.24) is 9.36 Å². The number of nitro groups is 1. The first-order valence-electron chi connectivity index (χ1n) is 10.0. The zero-order valence-corrected chi connectivity index (χ0v) is 17.9. The lowest BCUT2D eigenvalue weighted by molar-refractivity contribution is -0.384. The molecule has 33 heavy (non-hydrogen) atoms. The second-order valence-corrected chi connectivity index (χ2v) is 7.24. The van der Waals surface area contributed by atoms with Crippen molar-refractivity contribution in [3.05, 3.63) is 111 Å². The minimum Gasteiger partial charge on any atom is -0.457 e. The van der Waals surface area contributed by atoms with Gasteiger partial charge in [-0.25, -0.2) is 4.68 Å². The number of benzene rings is 3. The van der Waals surface area contributed by atoms with Crippen molar-refractivity contribution in [1.29, 1.82) is 0 Å². The maximum atomic E-state index is 13.2. The van der Waals surface area contributed by atoms with Gasteiger partial charge < -0.3 is 10.1 Å². The number of carbonyl (C=O) groups excluding carboxylic acids is 1. The summed E-state index contributed by atoms with van der Waals surface area (Å²) < 4.78 is 8.85. The van der Waals surface area contributed by atoms with Gasteiger partial charge in [-0.1, -0.05) is 36.4 Å². The number of para-hydroxylation sites is 2. The monoisotopic (exact) mass is 444 g/mol. The van der Waals surface area contributed by atoms with Crippen molar-refractivity contribution in [2.45, 2.75) is 6.92 Å². The summed E-state index contributed by atoms with van der Waals surface area (Å²) in [7, 11) is 1.71. The minimum atomic E-state index is -0.698. The van der Waals surface area contributed by atoms with Crippen LogP contribution in [0.5, 0.6) is 11.5 Å². The molecule has 4 rings (SSSR count). The van der Waals surface area contributed by atoms with Crippen molar-refractivity contribution in [2.24, 2.45) is 7.05 Å². The Morgan fingerprint density at radius 2 is 1.64 bits per heavy atom. The number of anilines is 1. The molecule has 0 saturated carbocycles. The summed E-state index contributed by atoms with van der Waals surface area (Å²) >= 11 is 0. The summed E-state index contributed by atoms with van der Waals surface area (Å²) in [6.45, 7) is 1.70. The molecule has 3 aromatic carbocycles. The maximum absolute atomic E-state index is 13.2. The number of aromatic nitrogens is 2. The highest BCUT2D eigenvalue weighted by Gasteiger charge is 2.23. The fraction of sp³-hybridized carbons (Fsp3) is 0.0833. The molecule has 4 aromatic rings. The standard InChI is InChI=1S/C24H20N4O5/c1-16-22(24(30)27(26(16)2)17-9-5-3-6-10-17)25-23(29)20-15-18(28(31)32)13-14-21(20)33-19-11-7-4-8-12-19/h3-15H,1-2H3,(H,25,29). The molecular weight excluding hydrogens is 424 g/mol. The minimum absolute atomic E-state index is 0.0676. The van der Waals surface area contributed by atoms with Gasteiger partial charge in [0, 0.05) is 19.2 Å². The molecule has 0 aliphatic rings. The van der Waals surface area contributed by atoms with Crippen LogP contribution < -0.4 is 15.6 Å². The molecule has 1 heterocycles.